The molecular weight excluding hydrogens is 412 g/mol. The maximum atomic E-state index is 12.9. The van der Waals surface area contributed by atoms with Crippen molar-refractivity contribution in [3.63, 3.8) is 0 Å². The van der Waals surface area contributed by atoms with Crippen LogP contribution in [0, 0.1) is 11.8 Å². The Labute approximate surface area is 172 Å². The Hall–Kier alpha value is -1.45. The number of likely N-dealkylation sites (tertiary alicyclic amines) is 1. The van der Waals surface area contributed by atoms with E-state index >= 15 is 0 Å². The maximum absolute atomic E-state index is 12.9. The van der Waals surface area contributed by atoms with Crippen LogP contribution in [-0.2, 0) is 19.9 Å². The van der Waals surface area contributed by atoms with E-state index in [0.29, 0.717) is 11.5 Å². The Balaban J connectivity index is 1.41. The molecule has 0 radical (unpaired) electrons. The van der Waals surface area contributed by atoms with E-state index < -0.39 is 25.9 Å². The summed E-state index contributed by atoms with van der Waals surface area (Å²) in [6, 6.07) is 5.35. The molecule has 4 rings (SSSR count). The summed E-state index contributed by atoms with van der Waals surface area (Å²) in [6.45, 7) is 1.55. The maximum Gasteiger partial charge on any atom is 0.253 e. The van der Waals surface area contributed by atoms with Crippen molar-refractivity contribution in [1.29, 1.82) is 0 Å². The first-order valence-corrected chi connectivity index (χ1v) is 13.7. The van der Waals surface area contributed by atoms with Gasteiger partial charge in [-0.3, -0.25) is 4.79 Å². The number of sulfone groups is 1. The summed E-state index contributed by atoms with van der Waals surface area (Å²) in [4.78, 5) is 14.8. The predicted molar refractivity (Wildman–Crippen MR) is 110 cm³/mol. The van der Waals surface area contributed by atoms with Crippen LogP contribution in [0.5, 0.6) is 0 Å². The van der Waals surface area contributed by atoms with Crippen molar-refractivity contribution < 1.29 is 21.6 Å². The van der Waals surface area contributed by atoms with Gasteiger partial charge in [0, 0.05) is 24.7 Å². The fraction of sp³-hybridized carbons (Fsp3) is 0.650. The third-order valence-corrected chi connectivity index (χ3v) is 9.85. The lowest BCUT2D eigenvalue weighted by Crippen LogP contribution is -2.44. The van der Waals surface area contributed by atoms with Gasteiger partial charge in [-0.25, -0.2) is 21.6 Å². The lowest BCUT2D eigenvalue weighted by atomic mass is 9.75. The highest BCUT2D eigenvalue weighted by atomic mass is 32.2. The summed E-state index contributed by atoms with van der Waals surface area (Å²) in [7, 11) is -6.98. The highest BCUT2D eigenvalue weighted by molar-refractivity contribution is 7.92. The van der Waals surface area contributed by atoms with Gasteiger partial charge < -0.3 is 4.90 Å². The molecule has 0 bridgehead atoms. The molecule has 7 nitrogen and oxygen atoms in total. The fourth-order valence-corrected chi connectivity index (χ4v) is 7.97. The number of carbonyl (C=O) groups is 1. The number of amides is 1. The van der Waals surface area contributed by atoms with Crippen LogP contribution in [0.3, 0.4) is 0 Å². The van der Waals surface area contributed by atoms with Gasteiger partial charge in [0.25, 0.3) is 5.91 Å². The van der Waals surface area contributed by atoms with Crippen molar-refractivity contribution >= 4 is 25.8 Å². The minimum atomic E-state index is -3.82. The molecule has 3 aliphatic rings. The molecule has 1 saturated carbocycles. The van der Waals surface area contributed by atoms with Crippen LogP contribution >= 0.6 is 0 Å². The molecule has 2 saturated heterocycles. The zero-order chi connectivity index (χ0) is 20.6. The van der Waals surface area contributed by atoms with Crippen LogP contribution in [0.1, 0.15) is 48.9 Å². The van der Waals surface area contributed by atoms with Crippen molar-refractivity contribution in [2.24, 2.45) is 11.8 Å². The standard InChI is InChI=1S/C20H28N2O5S2/c23-20(22-11-9-15-3-1-2-4-17(15)13-22)16-5-7-19(8-6-16)29(26,27)21-18-10-12-28(24,25)14-18/h5-8,15,17-18,21H,1-4,9-14H2/t15-,17-,18-/m1/s1. The number of carbonyl (C=O) groups excluding carboxylic acids is 1. The first-order valence-electron chi connectivity index (χ1n) is 10.4. The SMILES string of the molecule is O=C(c1ccc(S(=O)(=O)N[C@@H]2CCS(=O)(=O)C2)cc1)N1CC[C@H]2CCCC[C@@H]2C1. The number of rotatable bonds is 4. The van der Waals surface area contributed by atoms with Crippen LogP contribution < -0.4 is 4.72 Å². The fourth-order valence-electron chi connectivity index (χ4n) is 4.92. The van der Waals surface area contributed by atoms with Gasteiger partial charge in [-0.15, -0.1) is 0 Å². The summed E-state index contributed by atoms with van der Waals surface area (Å²) in [5.41, 5.74) is 0.488. The Morgan fingerprint density at radius 1 is 1.00 bits per heavy atom. The molecule has 1 aliphatic carbocycles. The topological polar surface area (TPSA) is 101 Å². The van der Waals surface area contributed by atoms with Crippen LogP contribution in [0.25, 0.3) is 0 Å². The monoisotopic (exact) mass is 440 g/mol. The highest BCUT2D eigenvalue weighted by Crippen LogP contribution is 2.36. The van der Waals surface area contributed by atoms with E-state index in [-0.39, 0.29) is 28.7 Å². The van der Waals surface area contributed by atoms with Gasteiger partial charge in [-0.2, -0.15) is 0 Å². The Morgan fingerprint density at radius 2 is 1.69 bits per heavy atom. The molecule has 2 aliphatic heterocycles. The average Bonchev–Trinajstić information content (AvgIpc) is 3.04. The Morgan fingerprint density at radius 3 is 2.34 bits per heavy atom. The van der Waals surface area contributed by atoms with E-state index in [1.165, 1.54) is 37.8 Å². The third kappa shape index (κ3) is 4.67. The minimum absolute atomic E-state index is 0.00527. The smallest absolute Gasteiger partial charge is 0.253 e. The number of hydrogen-bond acceptors (Lipinski definition) is 5. The first kappa shape index (κ1) is 20.8. The molecule has 0 spiro atoms. The zero-order valence-electron chi connectivity index (χ0n) is 16.4. The number of benzene rings is 1. The summed E-state index contributed by atoms with van der Waals surface area (Å²) in [5, 5.41) is 0. The number of sulfonamides is 1. The van der Waals surface area contributed by atoms with Crippen molar-refractivity contribution in [3.05, 3.63) is 29.8 Å². The summed E-state index contributed by atoms with van der Waals surface area (Å²) in [5.74, 6) is 1.12. The van der Waals surface area contributed by atoms with E-state index in [2.05, 4.69) is 4.72 Å². The highest BCUT2D eigenvalue weighted by Gasteiger charge is 2.34. The molecule has 3 atom stereocenters. The molecule has 1 amide bonds. The molecular formula is C20H28N2O5S2. The summed E-state index contributed by atoms with van der Waals surface area (Å²) >= 11 is 0. The molecule has 29 heavy (non-hydrogen) atoms. The first-order chi connectivity index (χ1) is 13.7. The second kappa shape index (κ2) is 8.00. The molecule has 1 aromatic carbocycles. The van der Waals surface area contributed by atoms with Crippen LogP contribution in [0.2, 0.25) is 0 Å². The van der Waals surface area contributed by atoms with Crippen molar-refractivity contribution in [3.8, 4) is 0 Å². The van der Waals surface area contributed by atoms with Gasteiger partial charge in [0.2, 0.25) is 10.0 Å². The second-order valence-electron chi connectivity index (χ2n) is 8.59. The lowest BCUT2D eigenvalue weighted by molar-refractivity contribution is 0.0521. The van der Waals surface area contributed by atoms with Crippen LogP contribution in [0.15, 0.2) is 29.2 Å². The number of fused-ring (bicyclic) bond motifs is 1. The largest absolute Gasteiger partial charge is 0.338 e. The molecule has 160 valence electrons. The van der Waals surface area contributed by atoms with Gasteiger partial charge >= 0.3 is 0 Å². The Bertz CT molecular complexity index is 973. The van der Waals surface area contributed by atoms with Gasteiger partial charge in [-0.1, -0.05) is 19.3 Å². The van der Waals surface area contributed by atoms with Gasteiger partial charge in [0.15, 0.2) is 9.84 Å². The van der Waals surface area contributed by atoms with Gasteiger partial charge in [-0.05, 0) is 55.4 Å². The van der Waals surface area contributed by atoms with E-state index in [4.69, 9.17) is 0 Å². The van der Waals surface area contributed by atoms with Crippen molar-refractivity contribution in [2.45, 2.75) is 49.5 Å². The average molecular weight is 441 g/mol. The number of nitrogens with one attached hydrogen (secondary N) is 1. The molecule has 0 aromatic heterocycles. The molecule has 3 fully saturated rings. The van der Waals surface area contributed by atoms with E-state index in [1.807, 2.05) is 4.90 Å². The molecule has 1 N–H and O–H groups in total. The van der Waals surface area contributed by atoms with Crippen molar-refractivity contribution in [2.75, 3.05) is 24.6 Å². The Kier molecular flexibility index (Phi) is 5.74. The molecule has 1 aromatic rings. The van der Waals surface area contributed by atoms with Crippen molar-refractivity contribution in [1.82, 2.24) is 9.62 Å². The van der Waals surface area contributed by atoms with Gasteiger partial charge in [0.05, 0.1) is 16.4 Å². The van der Waals surface area contributed by atoms with E-state index in [0.717, 1.165) is 25.4 Å². The summed E-state index contributed by atoms with van der Waals surface area (Å²) in [6.07, 6.45) is 6.34. The second-order valence-corrected chi connectivity index (χ2v) is 12.5. The normalized spacial score (nSPS) is 29.4. The molecule has 2 heterocycles. The summed E-state index contributed by atoms with van der Waals surface area (Å²) < 4.78 is 50.6. The quantitative estimate of drug-likeness (QED) is 0.769. The number of piperidine rings is 1. The van der Waals surface area contributed by atoms with Crippen LogP contribution in [0.4, 0.5) is 0 Å². The van der Waals surface area contributed by atoms with Gasteiger partial charge in [0.1, 0.15) is 0 Å². The van der Waals surface area contributed by atoms with E-state index in [1.54, 1.807) is 12.1 Å². The number of hydrogen-bond donors (Lipinski definition) is 1. The predicted octanol–water partition coefficient (Wildman–Crippen LogP) is 1.80. The lowest BCUT2D eigenvalue weighted by Gasteiger charge is -2.41. The number of nitrogens with zero attached hydrogens (tertiary/aromatic N) is 1. The zero-order valence-corrected chi connectivity index (χ0v) is 18.1. The van der Waals surface area contributed by atoms with Crippen LogP contribution in [-0.4, -0.2) is 58.3 Å². The molecule has 0 unspecified atom stereocenters. The minimum Gasteiger partial charge on any atom is -0.338 e. The third-order valence-electron chi connectivity index (χ3n) is 6.54. The molecule has 9 heteroatoms. The van der Waals surface area contributed by atoms with E-state index in [9.17, 15) is 21.6 Å².